The van der Waals surface area contributed by atoms with Gasteiger partial charge in [0.25, 0.3) is 0 Å². The molecule has 3 N–H and O–H groups in total. The van der Waals surface area contributed by atoms with Crippen LogP contribution in [0.1, 0.15) is 50.3 Å². The lowest BCUT2D eigenvalue weighted by atomic mass is 9.76. The molecule has 1 atom stereocenters. The fourth-order valence-electron chi connectivity index (χ4n) is 4.61. The summed E-state index contributed by atoms with van der Waals surface area (Å²) in [7, 11) is 0. The van der Waals surface area contributed by atoms with Gasteiger partial charge in [0.1, 0.15) is 17.3 Å². The van der Waals surface area contributed by atoms with Crippen LogP contribution in [0.15, 0.2) is 12.1 Å². The number of carbonyl (C=O) groups excluding carboxylic acids is 1. The van der Waals surface area contributed by atoms with Gasteiger partial charge in [0.2, 0.25) is 0 Å². The molecule has 2 aliphatic heterocycles. The molecule has 9 nitrogen and oxygen atoms in total. The number of carboxylic acids is 1. The quantitative estimate of drug-likeness (QED) is 0.461. The summed E-state index contributed by atoms with van der Waals surface area (Å²) >= 11 is 0. The number of aryl methyl sites for hydroxylation is 2. The number of hydrogen-bond acceptors (Lipinski definition) is 8. The third-order valence-electron chi connectivity index (χ3n) is 6.85. The van der Waals surface area contributed by atoms with Crippen LogP contribution in [-0.4, -0.2) is 70.6 Å². The second kappa shape index (κ2) is 9.72. The average molecular weight is 448 g/mol. The molecule has 1 aliphatic carbocycles. The molecule has 32 heavy (non-hydrogen) atoms. The Morgan fingerprint density at radius 2 is 2.16 bits per heavy atom. The van der Waals surface area contributed by atoms with Crippen molar-refractivity contribution in [2.45, 2.75) is 64.0 Å². The largest absolute Gasteiger partial charge is 0.480 e. The Morgan fingerprint density at radius 1 is 1.38 bits per heavy atom. The number of carboxylic acid groups (broad SMARTS) is 1. The van der Waals surface area contributed by atoms with Gasteiger partial charge in [0.15, 0.2) is 0 Å². The molecule has 1 saturated heterocycles. The molecule has 0 radical (unpaired) electrons. The highest BCUT2D eigenvalue weighted by atomic mass is 16.7. The zero-order valence-corrected chi connectivity index (χ0v) is 18.6. The molecule has 1 saturated carbocycles. The minimum Gasteiger partial charge on any atom is -0.480 e. The SMILES string of the molecule is CC1(C(=O)ON(C2CC(CCc3ccc4c(n3)NCCC4)C2)[C@@H](CCO)C(=O)O)COC1. The van der Waals surface area contributed by atoms with Crippen LogP contribution in [0.4, 0.5) is 5.82 Å². The van der Waals surface area contributed by atoms with Crippen molar-refractivity contribution in [1.82, 2.24) is 10.0 Å². The maximum atomic E-state index is 12.6. The number of carbonyl (C=O) groups is 2. The molecule has 0 unspecified atom stereocenters. The molecule has 3 aliphatic rings. The van der Waals surface area contributed by atoms with Crippen molar-refractivity contribution in [1.29, 1.82) is 0 Å². The number of rotatable bonds is 10. The first kappa shape index (κ1) is 22.9. The summed E-state index contributed by atoms with van der Waals surface area (Å²) in [4.78, 5) is 34.8. The van der Waals surface area contributed by atoms with E-state index in [9.17, 15) is 19.8 Å². The number of nitrogens with one attached hydrogen (secondary N) is 1. The first-order valence-corrected chi connectivity index (χ1v) is 11.5. The van der Waals surface area contributed by atoms with Gasteiger partial charge in [-0.05, 0) is 69.4 Å². The summed E-state index contributed by atoms with van der Waals surface area (Å²) < 4.78 is 5.14. The van der Waals surface area contributed by atoms with Crippen LogP contribution >= 0.6 is 0 Å². The average Bonchev–Trinajstić information content (AvgIpc) is 2.73. The maximum absolute atomic E-state index is 12.6. The van der Waals surface area contributed by atoms with Crippen LogP contribution in [0, 0.1) is 11.3 Å². The fraction of sp³-hybridized carbons (Fsp3) is 0.696. The molecule has 3 heterocycles. The van der Waals surface area contributed by atoms with Gasteiger partial charge in [-0.25, -0.2) is 9.78 Å². The second-order valence-corrected chi connectivity index (χ2v) is 9.53. The zero-order chi connectivity index (χ0) is 22.7. The van der Waals surface area contributed by atoms with E-state index in [-0.39, 0.29) is 32.3 Å². The topological polar surface area (TPSA) is 121 Å². The van der Waals surface area contributed by atoms with Crippen molar-refractivity contribution < 1.29 is 29.4 Å². The van der Waals surface area contributed by atoms with Crippen molar-refractivity contribution in [3.63, 3.8) is 0 Å². The first-order valence-electron chi connectivity index (χ1n) is 11.5. The Hall–Kier alpha value is -2.23. The molecule has 0 amide bonds. The summed E-state index contributed by atoms with van der Waals surface area (Å²) in [6, 6.07) is 3.03. The zero-order valence-electron chi connectivity index (χ0n) is 18.6. The van der Waals surface area contributed by atoms with Crippen molar-refractivity contribution in [2.75, 3.05) is 31.7 Å². The molecule has 2 fully saturated rings. The lowest BCUT2D eigenvalue weighted by molar-refractivity contribution is -0.254. The van der Waals surface area contributed by atoms with E-state index in [0.717, 1.165) is 56.6 Å². The summed E-state index contributed by atoms with van der Waals surface area (Å²) in [5, 5.41) is 23.7. The maximum Gasteiger partial charge on any atom is 0.335 e. The molecule has 1 aromatic rings. The van der Waals surface area contributed by atoms with Gasteiger partial charge < -0.3 is 25.1 Å². The summed E-state index contributed by atoms with van der Waals surface area (Å²) in [5.74, 6) is -0.156. The van der Waals surface area contributed by atoms with E-state index in [2.05, 4.69) is 17.4 Å². The number of nitrogens with zero attached hydrogens (tertiary/aromatic N) is 2. The van der Waals surface area contributed by atoms with Crippen LogP contribution in [0.3, 0.4) is 0 Å². The molecule has 0 bridgehead atoms. The predicted octanol–water partition coefficient (Wildman–Crippen LogP) is 1.78. The number of ether oxygens (including phenoxy) is 1. The lowest BCUT2D eigenvalue weighted by Crippen LogP contribution is -2.57. The van der Waals surface area contributed by atoms with Gasteiger partial charge in [0.05, 0.1) is 13.2 Å². The first-order chi connectivity index (χ1) is 15.4. The number of anilines is 1. The number of aliphatic hydroxyl groups excluding tert-OH is 1. The van der Waals surface area contributed by atoms with E-state index in [1.807, 2.05) is 0 Å². The number of pyridine rings is 1. The Morgan fingerprint density at radius 3 is 2.81 bits per heavy atom. The van der Waals surface area contributed by atoms with Crippen molar-refractivity contribution >= 4 is 17.8 Å². The third kappa shape index (κ3) is 4.89. The summed E-state index contributed by atoms with van der Waals surface area (Å²) in [5.41, 5.74) is 1.59. The minimum absolute atomic E-state index is 0.00302. The highest BCUT2D eigenvalue weighted by Crippen LogP contribution is 2.38. The van der Waals surface area contributed by atoms with Gasteiger partial charge >= 0.3 is 11.9 Å². The Kier molecular flexibility index (Phi) is 6.97. The van der Waals surface area contributed by atoms with Crippen molar-refractivity contribution in [3.8, 4) is 0 Å². The van der Waals surface area contributed by atoms with Crippen LogP contribution in [0.5, 0.6) is 0 Å². The normalized spacial score (nSPS) is 24.5. The van der Waals surface area contributed by atoms with Crippen molar-refractivity contribution in [3.05, 3.63) is 23.4 Å². The molecular formula is C23H33N3O6. The molecular weight excluding hydrogens is 414 g/mol. The molecule has 9 heteroatoms. The fourth-order valence-corrected chi connectivity index (χ4v) is 4.61. The van der Waals surface area contributed by atoms with Gasteiger partial charge in [-0.2, -0.15) is 0 Å². The van der Waals surface area contributed by atoms with E-state index < -0.39 is 23.4 Å². The van der Waals surface area contributed by atoms with Gasteiger partial charge in [0, 0.05) is 24.9 Å². The van der Waals surface area contributed by atoms with Crippen LogP contribution < -0.4 is 5.32 Å². The van der Waals surface area contributed by atoms with E-state index in [1.54, 1.807) is 6.92 Å². The van der Waals surface area contributed by atoms with Crippen LogP contribution in [-0.2, 0) is 32.0 Å². The van der Waals surface area contributed by atoms with E-state index in [4.69, 9.17) is 14.6 Å². The van der Waals surface area contributed by atoms with Gasteiger partial charge in [-0.3, -0.25) is 4.79 Å². The molecule has 0 aromatic carbocycles. The predicted molar refractivity (Wildman–Crippen MR) is 116 cm³/mol. The molecule has 0 spiro atoms. The van der Waals surface area contributed by atoms with Gasteiger partial charge in [-0.15, -0.1) is 5.06 Å². The number of hydrogen-bond donors (Lipinski definition) is 3. The lowest BCUT2D eigenvalue weighted by Gasteiger charge is -2.45. The highest BCUT2D eigenvalue weighted by Gasteiger charge is 2.47. The second-order valence-electron chi connectivity index (χ2n) is 9.53. The van der Waals surface area contributed by atoms with E-state index in [1.165, 1.54) is 10.6 Å². The van der Waals surface area contributed by atoms with Crippen LogP contribution in [0.2, 0.25) is 0 Å². The molecule has 4 rings (SSSR count). The Labute approximate surface area is 188 Å². The van der Waals surface area contributed by atoms with Gasteiger partial charge in [-0.1, -0.05) is 6.07 Å². The molecule has 1 aromatic heterocycles. The van der Waals surface area contributed by atoms with Crippen molar-refractivity contribution in [2.24, 2.45) is 11.3 Å². The number of aromatic nitrogens is 1. The third-order valence-corrected chi connectivity index (χ3v) is 6.85. The molecule has 176 valence electrons. The summed E-state index contributed by atoms with van der Waals surface area (Å²) in [6.45, 7) is 2.97. The van der Waals surface area contributed by atoms with Crippen LogP contribution in [0.25, 0.3) is 0 Å². The van der Waals surface area contributed by atoms with E-state index in [0.29, 0.717) is 5.92 Å². The minimum atomic E-state index is -1.10. The number of aliphatic hydroxyl groups is 1. The number of fused-ring (bicyclic) bond motifs is 1. The number of hydroxylamine groups is 2. The Bertz CT molecular complexity index is 837. The monoisotopic (exact) mass is 447 g/mol. The Balaban J connectivity index is 1.34. The smallest absolute Gasteiger partial charge is 0.335 e. The number of aliphatic carboxylic acids is 1. The highest BCUT2D eigenvalue weighted by molar-refractivity contribution is 5.78. The standard InChI is InChI=1S/C23H33N3O6/c1-23(13-31-14-23)22(30)32-26(19(8-10-27)21(28)29)18-11-15(12-18)4-6-17-7-5-16-3-2-9-24-20(16)25-17/h5,7,15,18-19,27H,2-4,6,8-14H2,1H3,(H,24,25)(H,28,29)/t15?,18?,19-/m0/s1. The van der Waals surface area contributed by atoms with E-state index >= 15 is 0 Å². The summed E-state index contributed by atoms with van der Waals surface area (Å²) in [6.07, 6.45) is 5.52.